The molecule has 0 saturated carbocycles. The minimum Gasteiger partial charge on any atom is -0.478 e. The van der Waals surface area contributed by atoms with Crippen molar-refractivity contribution >= 4 is 0 Å². The molecule has 2 aromatic rings. The molecule has 0 aliphatic rings. The minimum atomic E-state index is -0.890. The maximum absolute atomic E-state index is 13.5. The highest BCUT2D eigenvalue weighted by atomic mass is 19.1. The van der Waals surface area contributed by atoms with Gasteiger partial charge in [0.05, 0.1) is 6.61 Å². The van der Waals surface area contributed by atoms with Crippen molar-refractivity contribution in [3.8, 4) is 5.75 Å². The first-order valence-electron chi connectivity index (χ1n) is 5.66. The summed E-state index contributed by atoms with van der Waals surface area (Å²) in [4.78, 5) is 0. The van der Waals surface area contributed by atoms with Gasteiger partial charge in [0.2, 0.25) is 5.89 Å². The molecule has 7 heteroatoms. The summed E-state index contributed by atoms with van der Waals surface area (Å²) in [7, 11) is 0. The van der Waals surface area contributed by atoms with Crippen LogP contribution in [0.1, 0.15) is 24.3 Å². The lowest BCUT2D eigenvalue weighted by molar-refractivity contribution is 0.235. The number of halogens is 2. The highest BCUT2D eigenvalue weighted by molar-refractivity contribution is 5.31. The highest BCUT2D eigenvalue weighted by Gasteiger charge is 2.14. The summed E-state index contributed by atoms with van der Waals surface area (Å²) < 4.78 is 37.2. The molecule has 0 radical (unpaired) electrons. The van der Waals surface area contributed by atoms with Crippen molar-refractivity contribution in [2.75, 3.05) is 0 Å². The summed E-state index contributed by atoms with van der Waals surface area (Å²) in [5, 5.41) is 16.2. The molecule has 0 atom stereocenters. The monoisotopic (exact) mass is 270 g/mol. The van der Waals surface area contributed by atoms with Gasteiger partial charge >= 0.3 is 0 Å². The van der Waals surface area contributed by atoms with Gasteiger partial charge in [0.15, 0.2) is 24.0 Å². The van der Waals surface area contributed by atoms with Gasteiger partial charge in [0, 0.05) is 6.42 Å². The lowest BCUT2D eigenvalue weighted by Crippen LogP contribution is -2.01. The predicted octanol–water partition coefficient (Wildman–Crippen LogP) is 1.98. The number of aromatic nitrogens is 2. The van der Waals surface area contributed by atoms with Gasteiger partial charge in [0.25, 0.3) is 5.89 Å². The van der Waals surface area contributed by atoms with E-state index in [4.69, 9.17) is 14.3 Å². The first-order valence-corrected chi connectivity index (χ1v) is 5.66. The van der Waals surface area contributed by atoms with Crippen LogP contribution in [0.4, 0.5) is 8.78 Å². The number of benzene rings is 1. The molecule has 19 heavy (non-hydrogen) atoms. The lowest BCUT2D eigenvalue weighted by Gasteiger charge is -2.07. The normalized spacial score (nSPS) is 10.7. The molecular formula is C12H12F2N2O3. The van der Waals surface area contributed by atoms with Crippen LogP contribution in [0.2, 0.25) is 0 Å². The van der Waals surface area contributed by atoms with E-state index in [9.17, 15) is 8.78 Å². The first kappa shape index (κ1) is 13.4. The van der Waals surface area contributed by atoms with E-state index in [0.29, 0.717) is 12.3 Å². The van der Waals surface area contributed by atoms with E-state index in [1.165, 1.54) is 0 Å². The Labute approximate surface area is 107 Å². The van der Waals surface area contributed by atoms with Crippen LogP contribution in [0.25, 0.3) is 0 Å². The average Bonchev–Trinajstić information content (AvgIpc) is 2.85. The fourth-order valence-electron chi connectivity index (χ4n) is 1.47. The Morgan fingerprint density at radius 2 is 1.84 bits per heavy atom. The standard InChI is InChI=1S/C12H12F2N2O3/c1-2-10-15-16-11(19-10)6-18-12-8(13)3-7(5-17)4-9(12)14/h3-4,17H,2,5-6H2,1H3. The van der Waals surface area contributed by atoms with E-state index in [0.717, 1.165) is 12.1 Å². The molecule has 0 aliphatic heterocycles. The van der Waals surface area contributed by atoms with Crippen LogP contribution in [-0.4, -0.2) is 15.3 Å². The van der Waals surface area contributed by atoms with E-state index in [1.54, 1.807) is 0 Å². The number of aliphatic hydroxyl groups excluding tert-OH is 1. The molecule has 0 bridgehead atoms. The number of hydrogen-bond acceptors (Lipinski definition) is 5. The molecule has 102 valence electrons. The number of aliphatic hydroxyl groups is 1. The fourth-order valence-corrected chi connectivity index (χ4v) is 1.47. The van der Waals surface area contributed by atoms with Gasteiger partial charge in [-0.1, -0.05) is 6.92 Å². The zero-order valence-electron chi connectivity index (χ0n) is 10.2. The summed E-state index contributed by atoms with van der Waals surface area (Å²) in [5.74, 6) is -1.75. The van der Waals surface area contributed by atoms with Crippen molar-refractivity contribution in [1.82, 2.24) is 10.2 Å². The molecule has 1 aromatic heterocycles. The molecular weight excluding hydrogens is 258 g/mol. The summed E-state index contributed by atoms with van der Waals surface area (Å²) in [6.07, 6.45) is 0.570. The molecule has 0 fully saturated rings. The van der Waals surface area contributed by atoms with E-state index in [-0.39, 0.29) is 18.1 Å². The molecule has 0 spiro atoms. The summed E-state index contributed by atoms with van der Waals surface area (Å²) in [6, 6.07) is 2.01. The third kappa shape index (κ3) is 3.05. The second-order valence-corrected chi connectivity index (χ2v) is 3.78. The average molecular weight is 270 g/mol. The van der Waals surface area contributed by atoms with Crippen molar-refractivity contribution in [3.05, 3.63) is 41.1 Å². The SMILES string of the molecule is CCc1nnc(COc2c(F)cc(CO)cc2F)o1. The van der Waals surface area contributed by atoms with Crippen molar-refractivity contribution in [2.24, 2.45) is 0 Å². The van der Waals surface area contributed by atoms with E-state index in [2.05, 4.69) is 10.2 Å². The van der Waals surface area contributed by atoms with Gasteiger partial charge < -0.3 is 14.3 Å². The quantitative estimate of drug-likeness (QED) is 0.899. The summed E-state index contributed by atoms with van der Waals surface area (Å²) in [6.45, 7) is 1.17. The summed E-state index contributed by atoms with van der Waals surface area (Å²) in [5.41, 5.74) is 0.133. The zero-order chi connectivity index (χ0) is 13.8. The topological polar surface area (TPSA) is 68.4 Å². The second-order valence-electron chi connectivity index (χ2n) is 3.78. The van der Waals surface area contributed by atoms with Crippen molar-refractivity contribution in [3.63, 3.8) is 0 Å². The Morgan fingerprint density at radius 3 is 2.37 bits per heavy atom. The van der Waals surface area contributed by atoms with Crippen LogP contribution in [0.5, 0.6) is 5.75 Å². The molecule has 5 nitrogen and oxygen atoms in total. The van der Waals surface area contributed by atoms with Gasteiger partial charge in [0.1, 0.15) is 0 Å². The highest BCUT2D eigenvalue weighted by Crippen LogP contribution is 2.24. The Kier molecular flexibility index (Phi) is 4.06. The maximum Gasteiger partial charge on any atom is 0.253 e. The number of aryl methyl sites for hydroxylation is 1. The van der Waals surface area contributed by atoms with Crippen LogP contribution in [0, 0.1) is 11.6 Å². The van der Waals surface area contributed by atoms with Gasteiger partial charge in [-0.15, -0.1) is 10.2 Å². The third-order valence-corrected chi connectivity index (χ3v) is 2.39. The number of rotatable bonds is 5. The van der Waals surface area contributed by atoms with Crippen LogP contribution in [0.15, 0.2) is 16.5 Å². The minimum absolute atomic E-state index is 0.133. The number of hydrogen-bond donors (Lipinski definition) is 1. The molecule has 2 rings (SSSR count). The smallest absolute Gasteiger partial charge is 0.253 e. The van der Waals surface area contributed by atoms with Gasteiger partial charge in [-0.05, 0) is 17.7 Å². The fraction of sp³-hybridized carbons (Fsp3) is 0.333. The number of ether oxygens (including phenoxy) is 1. The molecule has 0 unspecified atom stereocenters. The number of nitrogens with zero attached hydrogens (tertiary/aromatic N) is 2. The summed E-state index contributed by atoms with van der Waals surface area (Å²) >= 11 is 0. The predicted molar refractivity (Wildman–Crippen MR) is 60.3 cm³/mol. The van der Waals surface area contributed by atoms with Crippen molar-refractivity contribution in [1.29, 1.82) is 0 Å². The van der Waals surface area contributed by atoms with Gasteiger partial charge in [-0.25, -0.2) is 8.78 Å². The van der Waals surface area contributed by atoms with Gasteiger partial charge in [-0.3, -0.25) is 0 Å². The molecule has 0 aliphatic carbocycles. The van der Waals surface area contributed by atoms with E-state index >= 15 is 0 Å². The van der Waals surface area contributed by atoms with Crippen molar-refractivity contribution < 1.29 is 23.0 Å². The molecule has 1 N–H and O–H groups in total. The van der Waals surface area contributed by atoms with Crippen LogP contribution in [0.3, 0.4) is 0 Å². The third-order valence-electron chi connectivity index (χ3n) is 2.39. The molecule has 0 saturated heterocycles. The Balaban J connectivity index is 2.11. The van der Waals surface area contributed by atoms with Crippen LogP contribution < -0.4 is 4.74 Å². The van der Waals surface area contributed by atoms with Gasteiger partial charge in [-0.2, -0.15) is 0 Å². The zero-order valence-corrected chi connectivity index (χ0v) is 10.2. The van der Waals surface area contributed by atoms with E-state index < -0.39 is 24.0 Å². The van der Waals surface area contributed by atoms with Crippen molar-refractivity contribution in [2.45, 2.75) is 26.6 Å². The van der Waals surface area contributed by atoms with Crippen LogP contribution >= 0.6 is 0 Å². The first-order chi connectivity index (χ1) is 9.13. The Morgan fingerprint density at radius 1 is 1.21 bits per heavy atom. The molecule has 1 aromatic carbocycles. The second kappa shape index (κ2) is 5.75. The Hall–Kier alpha value is -2.02. The largest absolute Gasteiger partial charge is 0.478 e. The Bertz CT molecular complexity index is 549. The molecule has 1 heterocycles. The van der Waals surface area contributed by atoms with Crippen LogP contribution in [-0.2, 0) is 19.6 Å². The maximum atomic E-state index is 13.5. The van der Waals surface area contributed by atoms with E-state index in [1.807, 2.05) is 6.92 Å². The lowest BCUT2D eigenvalue weighted by atomic mass is 10.2. The molecule has 0 amide bonds.